The second kappa shape index (κ2) is 8.60. The molecule has 0 spiro atoms. The molecule has 0 amide bonds. The topological polar surface area (TPSA) is 48.4 Å². The summed E-state index contributed by atoms with van der Waals surface area (Å²) < 4.78 is 0. The Balaban J connectivity index is 1.79. The zero-order valence-corrected chi connectivity index (χ0v) is 17.9. The van der Waals surface area contributed by atoms with Crippen LogP contribution in [-0.2, 0) is 19.4 Å². The fourth-order valence-corrected chi connectivity index (χ4v) is 4.45. The summed E-state index contributed by atoms with van der Waals surface area (Å²) in [6.07, 6.45) is 6.03. The van der Waals surface area contributed by atoms with Crippen molar-refractivity contribution < 1.29 is 5.11 Å². The molecular formula is C24H28ClN3O. The predicted octanol–water partition coefficient (Wildman–Crippen LogP) is 6.06. The second-order valence-corrected chi connectivity index (χ2v) is 8.14. The third-order valence-corrected chi connectivity index (χ3v) is 6.20. The van der Waals surface area contributed by atoms with Gasteiger partial charge in [0.25, 0.3) is 0 Å². The number of aromatic nitrogens is 1. The van der Waals surface area contributed by atoms with E-state index < -0.39 is 0 Å². The number of anilines is 2. The number of aromatic hydroxyl groups is 1. The van der Waals surface area contributed by atoms with Crippen LogP contribution in [-0.4, -0.2) is 28.1 Å². The Morgan fingerprint density at radius 2 is 1.79 bits per heavy atom. The maximum atomic E-state index is 11.0. The monoisotopic (exact) mass is 409 g/mol. The molecule has 1 heterocycles. The zero-order valence-electron chi connectivity index (χ0n) is 17.1. The van der Waals surface area contributed by atoms with E-state index >= 15 is 0 Å². The average molecular weight is 410 g/mol. The summed E-state index contributed by atoms with van der Waals surface area (Å²) in [4.78, 5) is 6.79. The van der Waals surface area contributed by atoms with E-state index in [0.717, 1.165) is 78.7 Å². The first-order valence-corrected chi connectivity index (χ1v) is 10.9. The van der Waals surface area contributed by atoms with Crippen LogP contribution in [0.3, 0.4) is 0 Å². The van der Waals surface area contributed by atoms with Crippen molar-refractivity contribution in [3.63, 3.8) is 0 Å². The van der Waals surface area contributed by atoms with Gasteiger partial charge in [0.05, 0.1) is 5.52 Å². The van der Waals surface area contributed by atoms with Gasteiger partial charge in [-0.1, -0.05) is 25.4 Å². The number of halogens is 1. The molecule has 1 aliphatic rings. The van der Waals surface area contributed by atoms with Gasteiger partial charge in [-0.3, -0.25) is 9.88 Å². The Labute approximate surface area is 177 Å². The van der Waals surface area contributed by atoms with Crippen LogP contribution in [0.4, 0.5) is 11.4 Å². The number of phenolic OH excluding ortho intramolecular Hbond substituents is 1. The van der Waals surface area contributed by atoms with Crippen molar-refractivity contribution in [1.82, 2.24) is 9.88 Å². The van der Waals surface area contributed by atoms with Crippen LogP contribution < -0.4 is 5.32 Å². The van der Waals surface area contributed by atoms with E-state index in [-0.39, 0.29) is 0 Å². The van der Waals surface area contributed by atoms with Gasteiger partial charge >= 0.3 is 0 Å². The molecule has 3 aromatic rings. The average Bonchev–Trinajstić information content (AvgIpc) is 2.74. The first kappa shape index (κ1) is 20.0. The Bertz CT molecular complexity index is 1030. The van der Waals surface area contributed by atoms with Crippen molar-refractivity contribution in [2.75, 3.05) is 18.4 Å². The summed E-state index contributed by atoms with van der Waals surface area (Å²) in [5, 5.41) is 16.4. The van der Waals surface area contributed by atoms with Gasteiger partial charge in [-0.05, 0) is 80.2 Å². The molecule has 152 valence electrons. The summed E-state index contributed by atoms with van der Waals surface area (Å²) in [5.74, 6) is 0.489. The Morgan fingerprint density at radius 1 is 1.03 bits per heavy atom. The lowest BCUT2D eigenvalue weighted by atomic mass is 9.87. The van der Waals surface area contributed by atoms with Gasteiger partial charge in [-0.2, -0.15) is 0 Å². The Morgan fingerprint density at radius 3 is 2.55 bits per heavy atom. The number of rotatable bonds is 6. The number of benzene rings is 2. The molecule has 0 aliphatic heterocycles. The molecule has 1 aromatic heterocycles. The number of nitrogens with one attached hydrogen (secondary N) is 1. The highest BCUT2D eigenvalue weighted by Gasteiger charge is 2.21. The Kier molecular flexibility index (Phi) is 5.93. The minimum atomic E-state index is 0.489. The van der Waals surface area contributed by atoms with Gasteiger partial charge in [0.15, 0.2) is 0 Å². The van der Waals surface area contributed by atoms with Gasteiger partial charge in [-0.25, -0.2) is 0 Å². The third-order valence-electron chi connectivity index (χ3n) is 5.96. The maximum absolute atomic E-state index is 11.0. The van der Waals surface area contributed by atoms with Crippen molar-refractivity contribution in [2.45, 2.75) is 46.1 Å². The summed E-state index contributed by atoms with van der Waals surface area (Å²) in [6.45, 7) is 7.00. The molecule has 1 aliphatic carbocycles. The maximum Gasteiger partial charge on any atom is 0.123 e. The normalized spacial score (nSPS) is 13.7. The molecule has 0 bridgehead atoms. The number of hydrogen-bond donors (Lipinski definition) is 2. The standard InChI is InChI=1S/C24H28ClN3O/c1-3-28(4-2)15-16-13-23(18-7-5-6-8-19(18)24(16)29)27-21-11-12-26-22-14-17(25)9-10-20(21)22/h9-14,29H,3-8,15H2,1-2H3,(H,26,27). The van der Waals surface area contributed by atoms with E-state index in [1.807, 2.05) is 30.5 Å². The van der Waals surface area contributed by atoms with Crippen LogP contribution >= 0.6 is 11.6 Å². The molecule has 0 saturated heterocycles. The smallest absolute Gasteiger partial charge is 0.123 e. The molecule has 0 saturated carbocycles. The van der Waals surface area contributed by atoms with E-state index in [2.05, 4.69) is 35.1 Å². The van der Waals surface area contributed by atoms with Crippen LogP contribution in [0, 0.1) is 0 Å². The van der Waals surface area contributed by atoms with Gasteiger partial charge in [-0.15, -0.1) is 0 Å². The van der Waals surface area contributed by atoms with E-state index in [4.69, 9.17) is 11.6 Å². The van der Waals surface area contributed by atoms with E-state index in [1.54, 1.807) is 0 Å². The quantitative estimate of drug-likeness (QED) is 0.486. The fourth-order valence-electron chi connectivity index (χ4n) is 4.28. The molecule has 0 unspecified atom stereocenters. The van der Waals surface area contributed by atoms with Crippen molar-refractivity contribution >= 4 is 33.9 Å². The van der Waals surface area contributed by atoms with Gasteiger partial charge in [0.2, 0.25) is 0 Å². The first-order chi connectivity index (χ1) is 14.1. The number of pyridine rings is 1. The molecule has 29 heavy (non-hydrogen) atoms. The third kappa shape index (κ3) is 4.05. The summed E-state index contributed by atoms with van der Waals surface area (Å²) in [5.41, 5.74) is 6.35. The molecule has 0 atom stereocenters. The molecule has 4 nitrogen and oxygen atoms in total. The second-order valence-electron chi connectivity index (χ2n) is 7.70. The summed E-state index contributed by atoms with van der Waals surface area (Å²) in [6, 6.07) is 9.94. The number of phenols is 1. The summed E-state index contributed by atoms with van der Waals surface area (Å²) >= 11 is 6.15. The lowest BCUT2D eigenvalue weighted by Gasteiger charge is -2.26. The SMILES string of the molecule is CCN(CC)Cc1cc(Nc2ccnc3cc(Cl)ccc23)c2c(c1O)CCCC2. The van der Waals surface area contributed by atoms with E-state index in [0.29, 0.717) is 10.8 Å². The number of nitrogens with zero attached hydrogens (tertiary/aromatic N) is 2. The minimum absolute atomic E-state index is 0.489. The molecule has 2 N–H and O–H groups in total. The Hall–Kier alpha value is -2.30. The highest BCUT2D eigenvalue weighted by Crippen LogP contribution is 2.39. The molecule has 5 heteroatoms. The van der Waals surface area contributed by atoms with Crippen LogP contribution in [0.15, 0.2) is 36.5 Å². The molecule has 0 radical (unpaired) electrons. The van der Waals surface area contributed by atoms with Crippen molar-refractivity contribution in [3.05, 3.63) is 58.2 Å². The molecular weight excluding hydrogens is 382 g/mol. The van der Waals surface area contributed by atoms with Crippen molar-refractivity contribution in [3.8, 4) is 5.75 Å². The first-order valence-electron chi connectivity index (χ1n) is 10.5. The lowest BCUT2D eigenvalue weighted by molar-refractivity contribution is 0.290. The fraction of sp³-hybridized carbons (Fsp3) is 0.375. The highest BCUT2D eigenvalue weighted by molar-refractivity contribution is 6.31. The highest BCUT2D eigenvalue weighted by atomic mass is 35.5. The van der Waals surface area contributed by atoms with E-state index in [9.17, 15) is 5.11 Å². The van der Waals surface area contributed by atoms with Crippen LogP contribution in [0.2, 0.25) is 5.02 Å². The van der Waals surface area contributed by atoms with Crippen molar-refractivity contribution in [1.29, 1.82) is 0 Å². The molecule has 4 rings (SSSR count). The van der Waals surface area contributed by atoms with Crippen LogP contribution in [0.5, 0.6) is 5.75 Å². The molecule has 2 aromatic carbocycles. The predicted molar refractivity (Wildman–Crippen MR) is 121 cm³/mol. The van der Waals surface area contributed by atoms with Gasteiger partial charge in [0, 0.05) is 40.1 Å². The number of fused-ring (bicyclic) bond motifs is 2. The molecule has 0 fully saturated rings. The van der Waals surface area contributed by atoms with Crippen LogP contribution in [0.1, 0.15) is 43.4 Å². The minimum Gasteiger partial charge on any atom is -0.507 e. The number of hydrogen-bond acceptors (Lipinski definition) is 4. The summed E-state index contributed by atoms with van der Waals surface area (Å²) in [7, 11) is 0. The largest absolute Gasteiger partial charge is 0.507 e. The van der Waals surface area contributed by atoms with Crippen molar-refractivity contribution in [2.24, 2.45) is 0 Å². The lowest BCUT2D eigenvalue weighted by Crippen LogP contribution is -2.22. The van der Waals surface area contributed by atoms with Gasteiger partial charge in [0.1, 0.15) is 5.75 Å². The van der Waals surface area contributed by atoms with E-state index in [1.165, 1.54) is 5.56 Å². The van der Waals surface area contributed by atoms with Gasteiger partial charge < -0.3 is 10.4 Å². The zero-order chi connectivity index (χ0) is 20.4. The van der Waals surface area contributed by atoms with Crippen LogP contribution in [0.25, 0.3) is 10.9 Å².